The van der Waals surface area contributed by atoms with Crippen molar-refractivity contribution in [3.63, 3.8) is 0 Å². The summed E-state index contributed by atoms with van der Waals surface area (Å²) in [5, 5.41) is 0. The van der Waals surface area contributed by atoms with Gasteiger partial charge in [-0.2, -0.15) is 0 Å². The van der Waals surface area contributed by atoms with Crippen LogP contribution in [0.3, 0.4) is 0 Å². The van der Waals surface area contributed by atoms with Crippen LogP contribution in [0, 0.1) is 0 Å². The van der Waals surface area contributed by atoms with Crippen molar-refractivity contribution < 1.29 is 4.79 Å². The molecule has 8 heteroatoms. The van der Waals surface area contributed by atoms with Crippen LogP contribution in [0.4, 0.5) is 0 Å². The number of rotatable bonds is 5. The molecule has 0 unspecified atom stereocenters. The van der Waals surface area contributed by atoms with Gasteiger partial charge in [0.1, 0.15) is 12.4 Å². The third-order valence-corrected chi connectivity index (χ3v) is 5.12. The van der Waals surface area contributed by atoms with Gasteiger partial charge in [-0.05, 0) is 30.5 Å². The summed E-state index contributed by atoms with van der Waals surface area (Å²) in [5.74, 6) is 1.32. The molecule has 0 bridgehead atoms. The van der Waals surface area contributed by atoms with Gasteiger partial charge in [0.05, 0.1) is 6.54 Å². The maximum Gasteiger partial charge on any atom is 0.347 e. The average molecular weight is 378 g/mol. The number of amides is 1. The molecule has 1 aliphatic rings. The van der Waals surface area contributed by atoms with Crippen LogP contribution in [-0.2, 0) is 17.9 Å². The highest BCUT2D eigenvalue weighted by atomic mass is 16.2. The second kappa shape index (κ2) is 8.16. The second-order valence-electron chi connectivity index (χ2n) is 6.96. The monoisotopic (exact) mass is 378 g/mol. The van der Waals surface area contributed by atoms with E-state index in [2.05, 4.69) is 25.6 Å². The number of carbonyl (C=O) groups excluding carboxylic acids is 1. The molecule has 0 saturated carbocycles. The molecule has 0 atom stereocenters. The van der Waals surface area contributed by atoms with Crippen LogP contribution >= 0.6 is 0 Å². The summed E-state index contributed by atoms with van der Waals surface area (Å²) in [5.41, 5.74) is 0.736. The molecular weight excluding hydrogens is 356 g/mol. The van der Waals surface area contributed by atoms with Gasteiger partial charge in [-0.15, -0.1) is 0 Å². The van der Waals surface area contributed by atoms with Crippen molar-refractivity contribution in [3.8, 4) is 0 Å². The van der Waals surface area contributed by atoms with Crippen molar-refractivity contribution in [1.82, 2.24) is 29.0 Å². The van der Waals surface area contributed by atoms with Crippen LogP contribution < -0.4 is 5.69 Å². The van der Waals surface area contributed by atoms with Gasteiger partial charge in [-0.25, -0.2) is 14.8 Å². The lowest BCUT2D eigenvalue weighted by Crippen LogP contribution is -2.41. The number of likely N-dealkylation sites (tertiary alicyclic amines) is 1. The predicted molar refractivity (Wildman–Crippen MR) is 103 cm³/mol. The Balaban J connectivity index is 1.37. The molecule has 1 saturated heterocycles. The van der Waals surface area contributed by atoms with E-state index in [0.29, 0.717) is 19.0 Å². The van der Waals surface area contributed by atoms with E-state index in [1.54, 1.807) is 18.5 Å². The highest BCUT2D eigenvalue weighted by Gasteiger charge is 2.26. The SMILES string of the molecule is O=C(Cn1cccnc1=O)N1CCC(c2nccn2Cc2cccnc2)CC1. The summed E-state index contributed by atoms with van der Waals surface area (Å²) >= 11 is 0. The molecule has 1 fully saturated rings. The van der Waals surface area contributed by atoms with Gasteiger partial charge in [0, 0.05) is 56.2 Å². The lowest BCUT2D eigenvalue weighted by Gasteiger charge is -2.32. The van der Waals surface area contributed by atoms with E-state index in [-0.39, 0.29) is 12.5 Å². The molecule has 0 aromatic carbocycles. The molecule has 8 nitrogen and oxygen atoms in total. The third-order valence-electron chi connectivity index (χ3n) is 5.12. The van der Waals surface area contributed by atoms with Crippen molar-refractivity contribution in [2.75, 3.05) is 13.1 Å². The van der Waals surface area contributed by atoms with Crippen molar-refractivity contribution in [2.24, 2.45) is 0 Å². The minimum Gasteiger partial charge on any atom is -0.341 e. The van der Waals surface area contributed by atoms with E-state index in [0.717, 1.165) is 30.8 Å². The zero-order valence-corrected chi connectivity index (χ0v) is 15.5. The van der Waals surface area contributed by atoms with Gasteiger partial charge in [-0.3, -0.25) is 14.3 Å². The van der Waals surface area contributed by atoms with Gasteiger partial charge in [0.25, 0.3) is 0 Å². The smallest absolute Gasteiger partial charge is 0.341 e. The molecule has 3 aromatic rings. The zero-order valence-electron chi connectivity index (χ0n) is 15.5. The van der Waals surface area contributed by atoms with Gasteiger partial charge in [0.15, 0.2) is 0 Å². The molecule has 4 rings (SSSR count). The molecule has 0 spiro atoms. The molecule has 28 heavy (non-hydrogen) atoms. The number of hydrogen-bond donors (Lipinski definition) is 0. The summed E-state index contributed by atoms with van der Waals surface area (Å²) < 4.78 is 3.50. The first-order valence-electron chi connectivity index (χ1n) is 9.40. The highest BCUT2D eigenvalue weighted by Crippen LogP contribution is 2.27. The molecule has 1 aliphatic heterocycles. The summed E-state index contributed by atoms with van der Waals surface area (Å²) in [4.78, 5) is 38.5. The Bertz CT molecular complexity index is 989. The molecule has 0 radical (unpaired) electrons. The minimum atomic E-state index is -0.400. The van der Waals surface area contributed by atoms with Crippen molar-refractivity contribution in [3.05, 3.63) is 77.3 Å². The Morgan fingerprint density at radius 3 is 2.64 bits per heavy atom. The standard InChI is InChI=1S/C20H22N6O2/c27-18(15-26-9-2-7-23-20(26)28)24-10-4-17(5-11-24)19-22-8-12-25(19)14-16-3-1-6-21-13-16/h1-3,6-9,12-13,17H,4-5,10-11,14-15H2. The van der Waals surface area contributed by atoms with Crippen LogP contribution in [0.25, 0.3) is 0 Å². The van der Waals surface area contributed by atoms with Gasteiger partial charge in [-0.1, -0.05) is 6.07 Å². The fourth-order valence-corrected chi connectivity index (χ4v) is 3.64. The van der Waals surface area contributed by atoms with Crippen LogP contribution in [0.5, 0.6) is 0 Å². The number of carbonyl (C=O) groups is 1. The molecular formula is C20H22N6O2. The quantitative estimate of drug-likeness (QED) is 0.668. The van der Waals surface area contributed by atoms with Gasteiger partial charge < -0.3 is 9.47 Å². The Morgan fingerprint density at radius 1 is 1.04 bits per heavy atom. The second-order valence-corrected chi connectivity index (χ2v) is 6.96. The Hall–Kier alpha value is -3.29. The largest absolute Gasteiger partial charge is 0.347 e. The van der Waals surface area contributed by atoms with Crippen molar-refractivity contribution >= 4 is 5.91 Å². The molecule has 4 heterocycles. The van der Waals surface area contributed by atoms with Gasteiger partial charge >= 0.3 is 5.69 Å². The van der Waals surface area contributed by atoms with E-state index in [1.165, 1.54) is 10.8 Å². The predicted octanol–water partition coefficient (Wildman–Crippen LogP) is 1.29. The molecule has 3 aromatic heterocycles. The van der Waals surface area contributed by atoms with Crippen LogP contribution in [-0.4, -0.2) is 48.0 Å². The highest BCUT2D eigenvalue weighted by molar-refractivity contribution is 5.76. The normalized spacial score (nSPS) is 14.9. The van der Waals surface area contributed by atoms with E-state index >= 15 is 0 Å². The number of hydrogen-bond acceptors (Lipinski definition) is 5. The van der Waals surface area contributed by atoms with E-state index in [1.807, 2.05) is 29.6 Å². The first kappa shape index (κ1) is 18.1. The van der Waals surface area contributed by atoms with Crippen molar-refractivity contribution in [2.45, 2.75) is 31.8 Å². The zero-order chi connectivity index (χ0) is 19.3. The molecule has 0 N–H and O–H groups in total. The first-order chi connectivity index (χ1) is 13.7. The molecule has 1 amide bonds. The number of nitrogens with zero attached hydrogens (tertiary/aromatic N) is 6. The summed E-state index contributed by atoms with van der Waals surface area (Å²) in [6.07, 6.45) is 12.2. The topological polar surface area (TPSA) is 85.9 Å². The minimum absolute atomic E-state index is 0.0347. The Labute approximate surface area is 162 Å². The fraction of sp³-hybridized carbons (Fsp3) is 0.350. The van der Waals surface area contributed by atoms with Crippen molar-refractivity contribution in [1.29, 1.82) is 0 Å². The number of piperidine rings is 1. The summed E-state index contributed by atoms with van der Waals surface area (Å²) in [6, 6.07) is 5.64. The number of aromatic nitrogens is 5. The molecule has 0 aliphatic carbocycles. The average Bonchev–Trinajstić information content (AvgIpc) is 3.18. The third kappa shape index (κ3) is 4.00. The fourth-order valence-electron chi connectivity index (χ4n) is 3.64. The van der Waals surface area contributed by atoms with E-state index < -0.39 is 5.69 Å². The van der Waals surface area contributed by atoms with E-state index in [4.69, 9.17) is 0 Å². The Morgan fingerprint density at radius 2 is 1.89 bits per heavy atom. The van der Waals surface area contributed by atoms with E-state index in [9.17, 15) is 9.59 Å². The Kier molecular flexibility index (Phi) is 5.27. The van der Waals surface area contributed by atoms with Crippen LogP contribution in [0.15, 0.2) is 60.2 Å². The first-order valence-corrected chi connectivity index (χ1v) is 9.40. The summed E-state index contributed by atoms with van der Waals surface area (Å²) in [7, 11) is 0. The van der Waals surface area contributed by atoms with Gasteiger partial charge in [0.2, 0.25) is 5.91 Å². The number of imidazole rings is 1. The molecule has 144 valence electrons. The summed E-state index contributed by atoms with van der Waals surface area (Å²) in [6.45, 7) is 2.11. The van der Waals surface area contributed by atoms with Crippen LogP contribution in [0.2, 0.25) is 0 Å². The lowest BCUT2D eigenvalue weighted by atomic mass is 9.95. The van der Waals surface area contributed by atoms with Crippen LogP contribution in [0.1, 0.15) is 30.1 Å². The number of pyridine rings is 1. The maximum absolute atomic E-state index is 12.5. The maximum atomic E-state index is 12.5. The lowest BCUT2D eigenvalue weighted by molar-refractivity contribution is -0.133.